The summed E-state index contributed by atoms with van der Waals surface area (Å²) in [4.78, 5) is 54.6. The zero-order valence-electron chi connectivity index (χ0n) is 32.0. The molecule has 10 heteroatoms. The molecule has 3 atom stereocenters. The topological polar surface area (TPSA) is 123 Å². The first-order valence-corrected chi connectivity index (χ1v) is 19.8. The summed E-state index contributed by atoms with van der Waals surface area (Å²) in [6, 6.07) is 26.3. The average molecular weight is 716 g/mol. The largest absolute Gasteiger partial charge is 0.516 e. The molecule has 51 heavy (non-hydrogen) atoms. The van der Waals surface area contributed by atoms with Crippen molar-refractivity contribution < 1.29 is 28.3 Å². The Morgan fingerprint density at radius 1 is 0.588 bits per heavy atom. The molecule has 0 aromatic heterocycles. The van der Waals surface area contributed by atoms with Gasteiger partial charge in [0, 0.05) is 18.9 Å². The van der Waals surface area contributed by atoms with Gasteiger partial charge >= 0.3 is 12.1 Å². The number of ether oxygens (including phenoxy) is 1. The van der Waals surface area contributed by atoms with E-state index in [1.807, 2.05) is 78.9 Å². The second-order valence-electron chi connectivity index (χ2n) is 16.3. The molecule has 3 amide bonds. The first-order chi connectivity index (χ1) is 23.7. The molecule has 0 aliphatic rings. The molecule has 0 radical (unpaired) electrons. The summed E-state index contributed by atoms with van der Waals surface area (Å²) in [7, 11) is -3.02. The van der Waals surface area contributed by atoms with Gasteiger partial charge < -0.3 is 25.1 Å². The maximum absolute atomic E-state index is 14.6. The molecule has 0 aliphatic carbocycles. The predicted molar refractivity (Wildman–Crippen MR) is 204 cm³/mol. The summed E-state index contributed by atoms with van der Waals surface area (Å²) in [5.41, 5.74) is 1.99. The van der Waals surface area contributed by atoms with E-state index in [1.54, 1.807) is 20.8 Å². The quantitative estimate of drug-likeness (QED) is 0.161. The van der Waals surface area contributed by atoms with Crippen molar-refractivity contribution in [2.45, 2.75) is 122 Å². The van der Waals surface area contributed by atoms with Crippen LogP contribution in [0.4, 0.5) is 4.79 Å². The number of carbonyl (C=O) groups excluding carboxylic acids is 4. The summed E-state index contributed by atoms with van der Waals surface area (Å²) < 4.78 is 12.2. The second-order valence-corrected chi connectivity index (χ2v) is 21.5. The van der Waals surface area contributed by atoms with Gasteiger partial charge in [0.15, 0.2) is 0 Å². The second kappa shape index (κ2) is 17.2. The Morgan fingerprint density at radius 2 is 1.00 bits per heavy atom. The number of hydrogen-bond donors (Lipinski definition) is 3. The van der Waals surface area contributed by atoms with Crippen LogP contribution in [0.15, 0.2) is 91.0 Å². The van der Waals surface area contributed by atoms with E-state index in [0.717, 1.165) is 16.7 Å². The van der Waals surface area contributed by atoms with Crippen LogP contribution >= 0.6 is 0 Å². The van der Waals surface area contributed by atoms with Crippen molar-refractivity contribution in [1.29, 1.82) is 0 Å². The van der Waals surface area contributed by atoms with Gasteiger partial charge in [-0.1, -0.05) is 133 Å². The van der Waals surface area contributed by atoms with Crippen LogP contribution in [-0.4, -0.2) is 55.9 Å². The van der Waals surface area contributed by atoms with E-state index in [-0.39, 0.29) is 22.9 Å². The third kappa shape index (κ3) is 12.1. The minimum atomic E-state index is -3.02. The fourth-order valence-corrected chi connectivity index (χ4v) is 11.6. The van der Waals surface area contributed by atoms with Crippen LogP contribution in [0.25, 0.3) is 0 Å². The number of benzene rings is 3. The third-order valence-corrected chi connectivity index (χ3v) is 15.2. The molecule has 0 spiro atoms. The Bertz CT molecular complexity index is 1580. The van der Waals surface area contributed by atoms with E-state index < -0.39 is 55.9 Å². The van der Waals surface area contributed by atoms with E-state index in [4.69, 9.17) is 9.16 Å². The Morgan fingerprint density at radius 3 is 1.43 bits per heavy atom. The van der Waals surface area contributed by atoms with Gasteiger partial charge in [-0.3, -0.25) is 14.4 Å². The minimum Gasteiger partial charge on any atom is -0.516 e. The van der Waals surface area contributed by atoms with Crippen molar-refractivity contribution in [2.24, 2.45) is 0 Å². The van der Waals surface area contributed by atoms with Crippen molar-refractivity contribution in [3.05, 3.63) is 108 Å². The molecule has 0 fully saturated rings. The molecule has 3 aromatic carbocycles. The van der Waals surface area contributed by atoms with Crippen LogP contribution in [0.2, 0.25) is 10.1 Å². The van der Waals surface area contributed by atoms with Crippen LogP contribution in [0, 0.1) is 0 Å². The Hall–Kier alpha value is -4.44. The van der Waals surface area contributed by atoms with Crippen molar-refractivity contribution in [2.75, 3.05) is 0 Å². The molecule has 0 bridgehead atoms. The summed E-state index contributed by atoms with van der Waals surface area (Å²) >= 11 is 0. The van der Waals surface area contributed by atoms with Gasteiger partial charge in [0.05, 0.1) is 0 Å². The van der Waals surface area contributed by atoms with Gasteiger partial charge in [0.1, 0.15) is 23.7 Å². The van der Waals surface area contributed by atoms with Gasteiger partial charge in [-0.25, -0.2) is 4.79 Å². The third-order valence-electron chi connectivity index (χ3n) is 8.92. The molecule has 0 saturated heterocycles. The molecule has 276 valence electrons. The monoisotopic (exact) mass is 715 g/mol. The van der Waals surface area contributed by atoms with Crippen molar-refractivity contribution in [3.8, 4) is 0 Å². The zero-order valence-corrected chi connectivity index (χ0v) is 33.0. The van der Waals surface area contributed by atoms with Gasteiger partial charge in [-0.2, -0.15) is 0 Å². The molecule has 3 N–H and O–H groups in total. The molecule has 0 unspecified atom stereocenters. The van der Waals surface area contributed by atoms with E-state index in [9.17, 15) is 19.2 Å². The number of carbonyl (C=O) groups is 4. The van der Waals surface area contributed by atoms with Crippen molar-refractivity contribution >= 4 is 32.2 Å². The van der Waals surface area contributed by atoms with Crippen LogP contribution in [0.3, 0.4) is 0 Å². The number of hydrogen-bond acceptors (Lipinski definition) is 6. The van der Waals surface area contributed by atoms with Gasteiger partial charge in [-0.15, -0.1) is 0 Å². The molecule has 3 aromatic rings. The number of alkyl carbamates (subject to hydrolysis) is 1. The van der Waals surface area contributed by atoms with Crippen LogP contribution < -0.4 is 16.0 Å². The number of rotatable bonds is 13. The van der Waals surface area contributed by atoms with Crippen LogP contribution in [-0.2, 0) is 42.4 Å². The highest BCUT2D eigenvalue weighted by Gasteiger charge is 2.58. The molecular formula is C41H57N3O6Si. The lowest BCUT2D eigenvalue weighted by Gasteiger charge is -2.50. The first kappa shape index (κ1) is 41.0. The highest BCUT2D eigenvalue weighted by molar-refractivity contribution is 6.80. The predicted octanol–water partition coefficient (Wildman–Crippen LogP) is 7.23. The zero-order chi connectivity index (χ0) is 38.0. The fraction of sp³-hybridized carbons (Fsp3) is 0.463. The lowest BCUT2D eigenvalue weighted by molar-refractivity contribution is -0.141. The fourth-order valence-electron chi connectivity index (χ4n) is 6.34. The molecule has 3 rings (SSSR count). The van der Waals surface area contributed by atoms with E-state index in [1.165, 1.54) is 6.92 Å². The maximum atomic E-state index is 14.6. The summed E-state index contributed by atoms with van der Waals surface area (Å²) in [6.07, 6.45) is -0.403. The Balaban J connectivity index is 1.97. The van der Waals surface area contributed by atoms with Gasteiger partial charge in [0.25, 0.3) is 8.32 Å². The molecule has 9 nitrogen and oxygen atoms in total. The maximum Gasteiger partial charge on any atom is 0.408 e. The normalized spacial score (nSPS) is 14.0. The molecule has 0 aliphatic heterocycles. The summed E-state index contributed by atoms with van der Waals surface area (Å²) in [6.45, 7) is 19.5. The van der Waals surface area contributed by atoms with Gasteiger partial charge in [-0.05, 0) is 54.5 Å². The average Bonchev–Trinajstić information content (AvgIpc) is 3.03. The molecular weight excluding hydrogens is 659 g/mol. The van der Waals surface area contributed by atoms with Crippen molar-refractivity contribution in [3.63, 3.8) is 0 Å². The molecule has 0 saturated carbocycles. The lowest BCUT2D eigenvalue weighted by atomic mass is 10.0. The standard InChI is InChI=1S/C41H57N3O6Si/c1-29(42-38(48)49-39(2,3)4)35(45)43-33(26-30-20-14-11-15-21-30)36(46)44-34(27-31-22-16-12-17-23-31)37(47)50-51(40(5,6)7,41(8,9)10)28-32-24-18-13-19-25-32/h11-25,29,33-34H,26-28H2,1-10H3,(H,42,48)(H,43,45)(H,44,46)/t29-,33-,34-/m0/s1. The Labute approximate surface area is 305 Å². The minimum absolute atomic E-state index is 0.154. The van der Waals surface area contributed by atoms with E-state index in [2.05, 4.69) is 69.6 Å². The number of nitrogens with one attached hydrogen (secondary N) is 3. The highest BCUT2D eigenvalue weighted by atomic mass is 28.4. The van der Waals surface area contributed by atoms with E-state index >= 15 is 0 Å². The SMILES string of the molecule is C[C@H](NC(=O)OC(C)(C)C)C(=O)N[C@@H](Cc1ccccc1)C(=O)N[C@@H](Cc1ccccc1)C(=O)O[Si](Cc1ccccc1)(C(C)(C)C)C(C)(C)C. The number of amides is 3. The molecule has 0 heterocycles. The van der Waals surface area contributed by atoms with Crippen LogP contribution in [0.5, 0.6) is 0 Å². The smallest absolute Gasteiger partial charge is 0.408 e. The Kier molecular flexibility index (Phi) is 13.8. The van der Waals surface area contributed by atoms with E-state index in [0.29, 0.717) is 6.04 Å². The van der Waals surface area contributed by atoms with Gasteiger partial charge in [0.2, 0.25) is 11.8 Å². The summed E-state index contributed by atoms with van der Waals surface area (Å²) in [5.74, 6) is -1.63. The van der Waals surface area contributed by atoms with Crippen LogP contribution in [0.1, 0.15) is 85.9 Å². The highest BCUT2D eigenvalue weighted by Crippen LogP contribution is 2.53. The first-order valence-electron chi connectivity index (χ1n) is 17.7. The summed E-state index contributed by atoms with van der Waals surface area (Å²) in [5, 5.41) is 7.59. The lowest BCUT2D eigenvalue weighted by Crippen LogP contribution is -2.61. The van der Waals surface area contributed by atoms with Crippen molar-refractivity contribution in [1.82, 2.24) is 16.0 Å².